The Bertz CT molecular complexity index is 355. The summed E-state index contributed by atoms with van der Waals surface area (Å²) in [4.78, 5) is 21.8. The average Bonchev–Trinajstić information content (AvgIpc) is 2.46. The summed E-state index contributed by atoms with van der Waals surface area (Å²) in [5.74, 6) is 0.295. The van der Waals surface area contributed by atoms with Gasteiger partial charge in [-0.3, -0.25) is 4.79 Å². The Hall–Kier alpha value is -1.44. The van der Waals surface area contributed by atoms with Crippen LogP contribution in [0.25, 0.3) is 0 Å². The highest BCUT2D eigenvalue weighted by Crippen LogP contribution is 2.34. The van der Waals surface area contributed by atoms with Crippen LogP contribution in [-0.4, -0.2) is 12.1 Å². The van der Waals surface area contributed by atoms with Crippen LogP contribution in [0, 0.1) is 0 Å². The summed E-state index contributed by atoms with van der Waals surface area (Å²) < 4.78 is 0. The third kappa shape index (κ3) is 1.28. The van der Waals surface area contributed by atoms with E-state index in [0.717, 1.165) is 17.4 Å². The summed E-state index contributed by atoms with van der Waals surface area (Å²) in [6, 6.07) is 7.55. The van der Waals surface area contributed by atoms with Gasteiger partial charge in [-0.2, -0.15) is 0 Å². The fourth-order valence-electron chi connectivity index (χ4n) is 1.88. The number of ketones is 1. The number of carbonyl (C=O) groups is 2. The molecule has 1 aromatic carbocycles. The second-order valence-electron chi connectivity index (χ2n) is 3.31. The lowest BCUT2D eigenvalue weighted by molar-refractivity contribution is -0.108. The zero-order chi connectivity index (χ0) is 9.26. The van der Waals surface area contributed by atoms with Crippen LogP contribution < -0.4 is 0 Å². The number of Topliss-reactive ketones (excluding diaryl/α,β-unsaturated/α-hetero) is 1. The van der Waals surface area contributed by atoms with E-state index in [2.05, 4.69) is 0 Å². The van der Waals surface area contributed by atoms with Crippen LogP contribution in [0.4, 0.5) is 0 Å². The van der Waals surface area contributed by atoms with Crippen molar-refractivity contribution in [3.05, 3.63) is 35.4 Å². The number of hydrogen-bond donors (Lipinski definition) is 0. The second-order valence-corrected chi connectivity index (χ2v) is 3.31. The van der Waals surface area contributed by atoms with E-state index < -0.39 is 0 Å². The maximum atomic E-state index is 11.4. The number of hydrogen-bond acceptors (Lipinski definition) is 2. The third-order valence-corrected chi connectivity index (χ3v) is 2.51. The van der Waals surface area contributed by atoms with E-state index in [4.69, 9.17) is 0 Å². The van der Waals surface area contributed by atoms with E-state index >= 15 is 0 Å². The number of rotatable bonds is 2. The molecule has 0 radical (unpaired) electrons. The number of carbonyl (C=O) groups excluding carboxylic acids is 2. The Labute approximate surface area is 76.6 Å². The van der Waals surface area contributed by atoms with Gasteiger partial charge in [0, 0.05) is 18.4 Å². The highest BCUT2D eigenvalue weighted by atomic mass is 16.1. The lowest BCUT2D eigenvalue weighted by Gasteiger charge is -2.04. The van der Waals surface area contributed by atoms with Crippen LogP contribution in [-0.2, 0) is 4.79 Å². The zero-order valence-corrected chi connectivity index (χ0v) is 7.19. The molecule has 1 aromatic rings. The molecule has 0 fully saturated rings. The molecule has 0 aliphatic heterocycles. The molecule has 1 aliphatic rings. The van der Waals surface area contributed by atoms with Gasteiger partial charge in [-0.25, -0.2) is 0 Å². The quantitative estimate of drug-likeness (QED) is 0.642. The van der Waals surface area contributed by atoms with E-state index in [9.17, 15) is 9.59 Å². The predicted molar refractivity (Wildman–Crippen MR) is 48.8 cm³/mol. The predicted octanol–water partition coefficient (Wildman–Crippen LogP) is 1.95. The summed E-state index contributed by atoms with van der Waals surface area (Å²) in [5, 5.41) is 0. The lowest BCUT2D eigenvalue weighted by Crippen LogP contribution is -1.94. The van der Waals surface area contributed by atoms with Gasteiger partial charge < -0.3 is 4.79 Å². The Morgan fingerprint density at radius 2 is 2.15 bits per heavy atom. The van der Waals surface area contributed by atoms with E-state index in [1.165, 1.54) is 0 Å². The Morgan fingerprint density at radius 1 is 1.38 bits per heavy atom. The van der Waals surface area contributed by atoms with Crippen LogP contribution >= 0.6 is 0 Å². The van der Waals surface area contributed by atoms with E-state index in [1.807, 2.05) is 24.3 Å². The maximum Gasteiger partial charge on any atom is 0.163 e. The van der Waals surface area contributed by atoms with Gasteiger partial charge in [0.15, 0.2) is 5.78 Å². The van der Waals surface area contributed by atoms with Crippen molar-refractivity contribution < 1.29 is 9.59 Å². The van der Waals surface area contributed by atoms with Crippen LogP contribution in [0.1, 0.15) is 34.7 Å². The smallest absolute Gasteiger partial charge is 0.163 e. The number of fused-ring (bicyclic) bond motifs is 1. The standard InChI is InChI=1S/C11H10O2/c12-6-5-8-7-11(13)10-4-2-1-3-9(8)10/h1-4,6,8H,5,7H2/t8-/m1/s1. The summed E-state index contributed by atoms with van der Waals surface area (Å²) in [6.07, 6.45) is 1.85. The number of benzene rings is 1. The molecule has 1 aliphatic carbocycles. The highest BCUT2D eigenvalue weighted by molar-refractivity contribution is 6.01. The molecule has 0 saturated carbocycles. The molecule has 2 rings (SSSR count). The third-order valence-electron chi connectivity index (χ3n) is 2.51. The van der Waals surface area contributed by atoms with Gasteiger partial charge in [-0.05, 0) is 11.5 Å². The van der Waals surface area contributed by atoms with Crippen molar-refractivity contribution in [2.45, 2.75) is 18.8 Å². The summed E-state index contributed by atoms with van der Waals surface area (Å²) >= 11 is 0. The molecule has 2 heteroatoms. The topological polar surface area (TPSA) is 34.1 Å². The first-order valence-corrected chi connectivity index (χ1v) is 4.38. The van der Waals surface area contributed by atoms with Crippen molar-refractivity contribution in [3.8, 4) is 0 Å². The fraction of sp³-hybridized carbons (Fsp3) is 0.273. The van der Waals surface area contributed by atoms with Gasteiger partial charge in [0.2, 0.25) is 0 Å². The minimum Gasteiger partial charge on any atom is -0.303 e. The molecule has 0 N–H and O–H groups in total. The van der Waals surface area contributed by atoms with E-state index in [1.54, 1.807) is 0 Å². The molecule has 66 valence electrons. The van der Waals surface area contributed by atoms with Gasteiger partial charge in [0.1, 0.15) is 6.29 Å². The monoisotopic (exact) mass is 174 g/mol. The van der Waals surface area contributed by atoms with Crippen LogP contribution in [0.3, 0.4) is 0 Å². The van der Waals surface area contributed by atoms with E-state index in [0.29, 0.717) is 12.8 Å². The summed E-state index contributed by atoms with van der Waals surface area (Å²) in [7, 11) is 0. The molecule has 0 aromatic heterocycles. The van der Waals surface area contributed by atoms with Gasteiger partial charge in [-0.15, -0.1) is 0 Å². The normalized spacial score (nSPS) is 20.0. The van der Waals surface area contributed by atoms with Crippen molar-refractivity contribution in [3.63, 3.8) is 0 Å². The summed E-state index contributed by atoms with van der Waals surface area (Å²) in [6.45, 7) is 0. The number of aldehydes is 1. The van der Waals surface area contributed by atoms with Crippen LogP contribution in [0.5, 0.6) is 0 Å². The van der Waals surface area contributed by atoms with Crippen LogP contribution in [0.2, 0.25) is 0 Å². The lowest BCUT2D eigenvalue weighted by atomic mass is 9.99. The first kappa shape index (κ1) is 8.17. The Morgan fingerprint density at radius 3 is 2.92 bits per heavy atom. The van der Waals surface area contributed by atoms with Gasteiger partial charge in [0.05, 0.1) is 0 Å². The van der Waals surface area contributed by atoms with Crippen molar-refractivity contribution >= 4 is 12.1 Å². The van der Waals surface area contributed by atoms with Gasteiger partial charge in [-0.1, -0.05) is 24.3 Å². The molecule has 13 heavy (non-hydrogen) atoms. The molecule has 0 amide bonds. The van der Waals surface area contributed by atoms with Crippen molar-refractivity contribution in [1.82, 2.24) is 0 Å². The SMILES string of the molecule is O=CC[C@@H]1CC(=O)c2ccccc21. The summed E-state index contributed by atoms with van der Waals surface area (Å²) in [5.41, 5.74) is 1.84. The molecule has 0 unspecified atom stereocenters. The zero-order valence-electron chi connectivity index (χ0n) is 7.19. The average molecular weight is 174 g/mol. The van der Waals surface area contributed by atoms with Crippen molar-refractivity contribution in [2.75, 3.05) is 0 Å². The van der Waals surface area contributed by atoms with Crippen molar-refractivity contribution in [2.24, 2.45) is 0 Å². The maximum absolute atomic E-state index is 11.4. The van der Waals surface area contributed by atoms with Gasteiger partial charge >= 0.3 is 0 Å². The molecule has 0 saturated heterocycles. The molecule has 2 nitrogen and oxygen atoms in total. The first-order valence-electron chi connectivity index (χ1n) is 4.38. The minimum absolute atomic E-state index is 0.126. The molecule has 1 atom stereocenters. The fourth-order valence-corrected chi connectivity index (χ4v) is 1.88. The molecule has 0 bridgehead atoms. The molecular weight excluding hydrogens is 164 g/mol. The largest absolute Gasteiger partial charge is 0.303 e. The Balaban J connectivity index is 2.41. The molecule has 0 spiro atoms. The van der Waals surface area contributed by atoms with Gasteiger partial charge in [0.25, 0.3) is 0 Å². The molecule has 0 heterocycles. The second kappa shape index (κ2) is 3.13. The van der Waals surface area contributed by atoms with E-state index in [-0.39, 0.29) is 11.7 Å². The highest BCUT2D eigenvalue weighted by Gasteiger charge is 2.27. The van der Waals surface area contributed by atoms with Crippen molar-refractivity contribution in [1.29, 1.82) is 0 Å². The molecular formula is C11H10O2. The Kier molecular flexibility index (Phi) is 1.97. The van der Waals surface area contributed by atoms with Crippen LogP contribution in [0.15, 0.2) is 24.3 Å². The minimum atomic E-state index is 0.126. The first-order chi connectivity index (χ1) is 6.33.